The van der Waals surface area contributed by atoms with Crippen molar-refractivity contribution in [2.45, 2.75) is 38.8 Å². The Morgan fingerprint density at radius 2 is 2.26 bits per heavy atom. The van der Waals surface area contributed by atoms with Crippen molar-refractivity contribution in [2.24, 2.45) is 5.92 Å². The van der Waals surface area contributed by atoms with E-state index in [-0.39, 0.29) is 5.56 Å². The third-order valence-electron chi connectivity index (χ3n) is 3.73. The van der Waals surface area contributed by atoms with Crippen LogP contribution in [0, 0.1) is 11.7 Å². The normalized spacial score (nSPS) is 22.5. The minimum absolute atomic E-state index is 0.0132. The van der Waals surface area contributed by atoms with Crippen LogP contribution >= 0.6 is 0 Å². The molecular weight excluding hydrogens is 245 g/mol. The minimum atomic E-state index is -0.637. The van der Waals surface area contributed by atoms with Gasteiger partial charge in [0.2, 0.25) is 0 Å². The second kappa shape index (κ2) is 6.15. The lowest BCUT2D eigenvalue weighted by Crippen LogP contribution is -2.25. The average molecular weight is 265 g/mol. The zero-order valence-electron chi connectivity index (χ0n) is 11.4. The molecule has 19 heavy (non-hydrogen) atoms. The number of benzene rings is 1. The Kier molecular flexibility index (Phi) is 4.53. The monoisotopic (exact) mass is 265 g/mol. The van der Waals surface area contributed by atoms with Crippen molar-refractivity contribution in [2.75, 3.05) is 7.11 Å². The number of methoxy groups -OCH3 is 1. The lowest BCUT2D eigenvalue weighted by molar-refractivity contribution is 0.0595. The highest BCUT2D eigenvalue weighted by molar-refractivity contribution is 5.89. The maximum atomic E-state index is 13.7. The smallest absolute Gasteiger partial charge is 0.340 e. The van der Waals surface area contributed by atoms with Crippen LogP contribution in [0.25, 0.3) is 0 Å². The fourth-order valence-electron chi connectivity index (χ4n) is 2.60. The number of carbonyl (C=O) groups is 1. The van der Waals surface area contributed by atoms with E-state index in [0.29, 0.717) is 12.6 Å². The molecule has 0 aromatic heterocycles. The highest BCUT2D eigenvalue weighted by atomic mass is 19.1. The molecule has 2 rings (SSSR count). The molecule has 4 heteroatoms. The van der Waals surface area contributed by atoms with Crippen LogP contribution in [0.1, 0.15) is 42.1 Å². The fourth-order valence-corrected chi connectivity index (χ4v) is 2.60. The van der Waals surface area contributed by atoms with Gasteiger partial charge in [-0.15, -0.1) is 0 Å². The van der Waals surface area contributed by atoms with Gasteiger partial charge in [0.1, 0.15) is 5.82 Å². The van der Waals surface area contributed by atoms with Crippen molar-refractivity contribution in [1.29, 1.82) is 0 Å². The molecule has 0 saturated heterocycles. The van der Waals surface area contributed by atoms with Gasteiger partial charge in [-0.25, -0.2) is 9.18 Å². The molecular formula is C15H20FNO2. The van der Waals surface area contributed by atoms with Crippen molar-refractivity contribution in [1.82, 2.24) is 5.32 Å². The molecule has 3 nitrogen and oxygen atoms in total. The predicted molar refractivity (Wildman–Crippen MR) is 71.4 cm³/mol. The first-order chi connectivity index (χ1) is 9.10. The van der Waals surface area contributed by atoms with Gasteiger partial charge >= 0.3 is 5.97 Å². The van der Waals surface area contributed by atoms with Crippen LogP contribution in [0.2, 0.25) is 0 Å². The first-order valence-electron chi connectivity index (χ1n) is 6.70. The number of halogens is 1. The summed E-state index contributed by atoms with van der Waals surface area (Å²) in [5.41, 5.74) is 0.838. The summed E-state index contributed by atoms with van der Waals surface area (Å²) in [7, 11) is 1.25. The standard InChI is InChI=1S/C15H20FNO2/c1-10-3-5-12(7-10)17-9-11-4-6-13(14(16)8-11)15(18)19-2/h4,6,8,10,12,17H,3,5,7,9H2,1-2H3. The maximum absolute atomic E-state index is 13.7. The molecule has 1 aromatic carbocycles. The van der Waals surface area contributed by atoms with Gasteiger partial charge in [0.15, 0.2) is 0 Å². The molecule has 0 amide bonds. The number of esters is 1. The van der Waals surface area contributed by atoms with Crippen molar-refractivity contribution < 1.29 is 13.9 Å². The molecule has 0 spiro atoms. The first kappa shape index (κ1) is 14.0. The van der Waals surface area contributed by atoms with E-state index in [4.69, 9.17) is 0 Å². The van der Waals surface area contributed by atoms with E-state index >= 15 is 0 Å². The highest BCUT2D eigenvalue weighted by Crippen LogP contribution is 2.24. The molecule has 2 atom stereocenters. The van der Waals surface area contributed by atoms with Gasteiger partial charge in [-0.2, -0.15) is 0 Å². The largest absolute Gasteiger partial charge is 0.465 e. The second-order valence-electron chi connectivity index (χ2n) is 5.30. The van der Waals surface area contributed by atoms with E-state index in [0.717, 1.165) is 11.5 Å². The Bertz CT molecular complexity index is 461. The van der Waals surface area contributed by atoms with Crippen LogP contribution in [-0.2, 0) is 11.3 Å². The molecule has 1 aliphatic rings. The van der Waals surface area contributed by atoms with E-state index in [1.807, 2.05) is 0 Å². The highest BCUT2D eigenvalue weighted by Gasteiger charge is 2.20. The topological polar surface area (TPSA) is 38.3 Å². The van der Waals surface area contributed by atoms with Gasteiger partial charge in [0.05, 0.1) is 12.7 Å². The molecule has 0 bridgehead atoms. The second-order valence-corrected chi connectivity index (χ2v) is 5.30. The molecule has 1 fully saturated rings. The van der Waals surface area contributed by atoms with Gasteiger partial charge in [-0.05, 0) is 42.9 Å². The Balaban J connectivity index is 1.94. The fraction of sp³-hybridized carbons (Fsp3) is 0.533. The zero-order chi connectivity index (χ0) is 13.8. The summed E-state index contributed by atoms with van der Waals surface area (Å²) in [4.78, 5) is 11.3. The van der Waals surface area contributed by atoms with E-state index in [1.165, 1.54) is 38.5 Å². The van der Waals surface area contributed by atoms with Crippen molar-refractivity contribution in [3.8, 4) is 0 Å². The van der Waals surface area contributed by atoms with Gasteiger partial charge < -0.3 is 10.1 Å². The van der Waals surface area contributed by atoms with Gasteiger partial charge in [0.25, 0.3) is 0 Å². The molecule has 1 N–H and O–H groups in total. The van der Waals surface area contributed by atoms with Crippen LogP contribution in [0.15, 0.2) is 18.2 Å². The molecule has 1 aliphatic carbocycles. The Morgan fingerprint density at radius 3 is 2.84 bits per heavy atom. The third kappa shape index (κ3) is 3.53. The molecule has 1 aromatic rings. The van der Waals surface area contributed by atoms with E-state index in [1.54, 1.807) is 6.07 Å². The van der Waals surface area contributed by atoms with E-state index in [9.17, 15) is 9.18 Å². The minimum Gasteiger partial charge on any atom is -0.465 e. The molecule has 1 saturated carbocycles. The first-order valence-corrected chi connectivity index (χ1v) is 6.70. The summed E-state index contributed by atoms with van der Waals surface area (Å²) in [6.07, 6.45) is 3.62. The van der Waals surface area contributed by atoms with E-state index in [2.05, 4.69) is 17.0 Å². The van der Waals surface area contributed by atoms with Crippen LogP contribution in [0.4, 0.5) is 4.39 Å². The number of rotatable bonds is 4. The van der Waals surface area contributed by atoms with Crippen molar-refractivity contribution in [3.63, 3.8) is 0 Å². The van der Waals surface area contributed by atoms with Crippen LogP contribution in [-0.4, -0.2) is 19.1 Å². The van der Waals surface area contributed by atoms with E-state index < -0.39 is 11.8 Å². The molecule has 2 unspecified atom stereocenters. The Labute approximate surface area is 113 Å². The van der Waals surface area contributed by atoms with Gasteiger partial charge in [-0.1, -0.05) is 13.0 Å². The summed E-state index contributed by atoms with van der Waals surface area (Å²) < 4.78 is 18.2. The number of hydrogen-bond acceptors (Lipinski definition) is 3. The van der Waals surface area contributed by atoms with Crippen molar-refractivity contribution in [3.05, 3.63) is 35.1 Å². The predicted octanol–water partition coefficient (Wildman–Crippen LogP) is 2.89. The lowest BCUT2D eigenvalue weighted by atomic mass is 10.1. The van der Waals surface area contributed by atoms with Crippen LogP contribution in [0.3, 0.4) is 0 Å². The Morgan fingerprint density at radius 1 is 1.47 bits per heavy atom. The summed E-state index contributed by atoms with van der Waals surface area (Å²) in [6, 6.07) is 5.17. The third-order valence-corrected chi connectivity index (χ3v) is 3.73. The maximum Gasteiger partial charge on any atom is 0.340 e. The summed E-state index contributed by atoms with van der Waals surface area (Å²) >= 11 is 0. The molecule has 104 valence electrons. The molecule has 0 radical (unpaired) electrons. The molecule has 0 heterocycles. The SMILES string of the molecule is COC(=O)c1ccc(CNC2CCC(C)C2)cc1F. The summed E-state index contributed by atoms with van der Waals surface area (Å²) in [6.45, 7) is 2.89. The summed E-state index contributed by atoms with van der Waals surface area (Å²) in [5.74, 6) is -0.386. The number of hydrogen-bond donors (Lipinski definition) is 1. The van der Waals surface area contributed by atoms with Crippen molar-refractivity contribution >= 4 is 5.97 Å². The number of nitrogens with one attached hydrogen (secondary N) is 1. The Hall–Kier alpha value is -1.42. The number of ether oxygens (including phenoxy) is 1. The average Bonchev–Trinajstić information content (AvgIpc) is 2.81. The van der Waals surface area contributed by atoms with Gasteiger partial charge in [0, 0.05) is 12.6 Å². The zero-order valence-corrected chi connectivity index (χ0v) is 11.4. The van der Waals surface area contributed by atoms with Crippen LogP contribution in [0.5, 0.6) is 0 Å². The van der Waals surface area contributed by atoms with Crippen LogP contribution < -0.4 is 5.32 Å². The quantitative estimate of drug-likeness (QED) is 0.851. The summed E-state index contributed by atoms with van der Waals surface area (Å²) in [5, 5.41) is 3.44. The number of carbonyl (C=O) groups excluding carboxylic acids is 1. The lowest BCUT2D eigenvalue weighted by Gasteiger charge is -2.12. The molecule has 0 aliphatic heterocycles. The van der Waals surface area contributed by atoms with Gasteiger partial charge in [-0.3, -0.25) is 0 Å².